The maximum absolute atomic E-state index is 13.1. The summed E-state index contributed by atoms with van der Waals surface area (Å²) in [6.45, 7) is 2.57. The molecule has 0 radical (unpaired) electrons. The standard InChI is InChI=1S/C23H26N4O6S/c1-2-23(17-7-4-3-5-8-17)21(29)27(22(30)25-23)26-20(28)16-10-12-19(13-11-16)34(31,32)24-15-18-9-6-14-33-18/h3-5,7-8,10-13,18,24H,2,6,9,14-15H2,1H3,(H,25,30)(H,26,28)/t18-,23-/m0/s1. The van der Waals surface area contributed by atoms with Gasteiger partial charge in [-0.1, -0.05) is 37.3 Å². The number of rotatable bonds is 8. The molecule has 0 saturated carbocycles. The van der Waals surface area contributed by atoms with Gasteiger partial charge in [-0.3, -0.25) is 15.0 Å². The van der Waals surface area contributed by atoms with Crippen LogP contribution in [0.2, 0.25) is 0 Å². The van der Waals surface area contributed by atoms with E-state index in [4.69, 9.17) is 4.74 Å². The van der Waals surface area contributed by atoms with E-state index in [0.29, 0.717) is 23.6 Å². The quantitative estimate of drug-likeness (QED) is 0.486. The minimum atomic E-state index is -3.77. The molecule has 0 spiro atoms. The molecular weight excluding hydrogens is 460 g/mol. The topological polar surface area (TPSA) is 134 Å². The SMILES string of the molecule is CC[C@@]1(c2ccccc2)NC(=O)N(NC(=O)c2ccc(S(=O)(=O)NC[C@@H]3CCCO3)cc2)C1=O. The number of sulfonamides is 1. The summed E-state index contributed by atoms with van der Waals surface area (Å²) in [5.41, 5.74) is 1.74. The van der Waals surface area contributed by atoms with Gasteiger partial charge in [-0.05, 0) is 49.1 Å². The lowest BCUT2D eigenvalue weighted by atomic mass is 9.87. The van der Waals surface area contributed by atoms with Crippen molar-refractivity contribution < 1.29 is 27.5 Å². The summed E-state index contributed by atoms with van der Waals surface area (Å²) in [4.78, 5) is 38.4. The van der Waals surface area contributed by atoms with Gasteiger partial charge in [0.15, 0.2) is 0 Å². The molecule has 4 rings (SSSR count). The van der Waals surface area contributed by atoms with E-state index in [2.05, 4.69) is 15.5 Å². The maximum atomic E-state index is 13.1. The predicted octanol–water partition coefficient (Wildman–Crippen LogP) is 1.65. The summed E-state index contributed by atoms with van der Waals surface area (Å²) < 4.78 is 32.9. The average molecular weight is 487 g/mol. The summed E-state index contributed by atoms with van der Waals surface area (Å²) in [6.07, 6.45) is 1.85. The van der Waals surface area contributed by atoms with Crippen LogP contribution < -0.4 is 15.5 Å². The third kappa shape index (κ3) is 4.54. The zero-order valence-corrected chi connectivity index (χ0v) is 19.4. The number of nitrogens with zero attached hydrogens (tertiary/aromatic N) is 1. The van der Waals surface area contributed by atoms with Crippen molar-refractivity contribution in [2.45, 2.75) is 42.7 Å². The highest BCUT2D eigenvalue weighted by Crippen LogP contribution is 2.31. The molecule has 2 atom stereocenters. The van der Waals surface area contributed by atoms with Gasteiger partial charge in [-0.15, -0.1) is 0 Å². The van der Waals surface area contributed by atoms with Crippen LogP contribution >= 0.6 is 0 Å². The first-order chi connectivity index (χ1) is 16.3. The first-order valence-electron chi connectivity index (χ1n) is 11.0. The van der Waals surface area contributed by atoms with Gasteiger partial charge in [0.05, 0.1) is 11.0 Å². The van der Waals surface area contributed by atoms with E-state index in [-0.39, 0.29) is 23.1 Å². The van der Waals surface area contributed by atoms with Crippen molar-refractivity contribution in [3.8, 4) is 0 Å². The van der Waals surface area contributed by atoms with Crippen LogP contribution in [0.3, 0.4) is 0 Å². The third-order valence-corrected chi connectivity index (χ3v) is 7.49. The van der Waals surface area contributed by atoms with Gasteiger partial charge in [0, 0.05) is 18.7 Å². The van der Waals surface area contributed by atoms with Crippen molar-refractivity contribution in [2.24, 2.45) is 0 Å². The lowest BCUT2D eigenvalue weighted by Gasteiger charge is -2.25. The van der Waals surface area contributed by atoms with E-state index >= 15 is 0 Å². The Balaban J connectivity index is 1.44. The highest BCUT2D eigenvalue weighted by molar-refractivity contribution is 7.89. The van der Waals surface area contributed by atoms with E-state index in [1.165, 1.54) is 24.3 Å². The molecule has 0 bridgehead atoms. The number of hydrogen-bond acceptors (Lipinski definition) is 6. The molecule has 2 aliphatic heterocycles. The van der Waals surface area contributed by atoms with Crippen LogP contribution in [0.4, 0.5) is 4.79 Å². The molecule has 2 aromatic carbocycles. The van der Waals surface area contributed by atoms with Gasteiger partial charge in [-0.25, -0.2) is 17.9 Å². The number of amides is 4. The number of ether oxygens (including phenoxy) is 1. The van der Waals surface area contributed by atoms with Crippen LogP contribution in [0, 0.1) is 0 Å². The molecule has 2 saturated heterocycles. The fourth-order valence-corrected chi connectivity index (χ4v) is 5.15. The second-order valence-electron chi connectivity index (χ2n) is 8.15. The van der Waals surface area contributed by atoms with Gasteiger partial charge < -0.3 is 10.1 Å². The largest absolute Gasteiger partial charge is 0.377 e. The Morgan fingerprint density at radius 1 is 1.15 bits per heavy atom. The first-order valence-corrected chi connectivity index (χ1v) is 12.5. The normalized spacial score (nSPS) is 22.6. The molecule has 34 heavy (non-hydrogen) atoms. The van der Waals surface area contributed by atoms with E-state index in [1.54, 1.807) is 37.3 Å². The summed E-state index contributed by atoms with van der Waals surface area (Å²) in [5.74, 6) is -1.32. The van der Waals surface area contributed by atoms with Gasteiger partial charge in [0.2, 0.25) is 10.0 Å². The molecule has 3 N–H and O–H groups in total. The number of carbonyl (C=O) groups excluding carboxylic acids is 3. The number of benzene rings is 2. The van der Waals surface area contributed by atoms with Crippen LogP contribution in [-0.2, 0) is 25.1 Å². The molecular formula is C23H26N4O6S. The van der Waals surface area contributed by atoms with Crippen LogP contribution in [0.5, 0.6) is 0 Å². The number of hydrogen-bond donors (Lipinski definition) is 3. The smallest absolute Gasteiger partial charge is 0.344 e. The fourth-order valence-electron chi connectivity index (χ4n) is 4.08. The summed E-state index contributed by atoms with van der Waals surface area (Å²) in [6, 6.07) is 13.3. The molecule has 2 aromatic rings. The Bertz CT molecular complexity index is 1180. The van der Waals surface area contributed by atoms with Gasteiger partial charge >= 0.3 is 6.03 Å². The Kier molecular flexibility index (Phi) is 6.69. The maximum Gasteiger partial charge on any atom is 0.344 e. The van der Waals surface area contributed by atoms with E-state index in [0.717, 1.165) is 12.8 Å². The molecule has 2 fully saturated rings. The van der Waals surface area contributed by atoms with Crippen molar-refractivity contribution >= 4 is 27.9 Å². The number of nitrogens with one attached hydrogen (secondary N) is 3. The molecule has 4 amide bonds. The summed E-state index contributed by atoms with van der Waals surface area (Å²) in [7, 11) is -3.77. The van der Waals surface area contributed by atoms with E-state index < -0.39 is 33.4 Å². The molecule has 0 aliphatic carbocycles. The number of carbonyl (C=O) groups is 3. The molecule has 2 aliphatic rings. The molecule has 0 aromatic heterocycles. The van der Waals surface area contributed by atoms with Crippen molar-refractivity contribution in [2.75, 3.05) is 13.2 Å². The number of imide groups is 1. The molecule has 11 heteroatoms. The monoisotopic (exact) mass is 486 g/mol. The molecule has 10 nitrogen and oxygen atoms in total. The Hall–Kier alpha value is -3.28. The van der Waals surface area contributed by atoms with Gasteiger partial charge in [0.1, 0.15) is 5.54 Å². The van der Waals surface area contributed by atoms with Crippen LogP contribution in [0.25, 0.3) is 0 Å². The lowest BCUT2D eigenvalue weighted by molar-refractivity contribution is -0.133. The average Bonchev–Trinajstić information content (AvgIpc) is 3.46. The fraction of sp³-hybridized carbons (Fsp3) is 0.348. The number of urea groups is 1. The second-order valence-corrected chi connectivity index (χ2v) is 9.91. The first kappa shape index (κ1) is 23.9. The highest BCUT2D eigenvalue weighted by Gasteiger charge is 2.52. The Labute approximate surface area is 197 Å². The third-order valence-electron chi connectivity index (χ3n) is 6.05. The molecule has 2 heterocycles. The molecule has 180 valence electrons. The van der Waals surface area contributed by atoms with Crippen LogP contribution in [0.1, 0.15) is 42.1 Å². The zero-order chi connectivity index (χ0) is 24.3. The zero-order valence-electron chi connectivity index (χ0n) is 18.6. The van der Waals surface area contributed by atoms with E-state index in [9.17, 15) is 22.8 Å². The van der Waals surface area contributed by atoms with Gasteiger partial charge in [-0.2, -0.15) is 5.01 Å². The number of hydrazine groups is 1. The highest BCUT2D eigenvalue weighted by atomic mass is 32.2. The van der Waals surface area contributed by atoms with Crippen molar-refractivity contribution in [1.82, 2.24) is 20.5 Å². The van der Waals surface area contributed by atoms with Crippen molar-refractivity contribution in [3.63, 3.8) is 0 Å². The van der Waals surface area contributed by atoms with Crippen molar-refractivity contribution in [1.29, 1.82) is 0 Å². The minimum absolute atomic E-state index is 0.00823. The van der Waals surface area contributed by atoms with Gasteiger partial charge in [0.25, 0.3) is 11.8 Å². The Morgan fingerprint density at radius 3 is 2.47 bits per heavy atom. The van der Waals surface area contributed by atoms with Crippen LogP contribution in [-0.4, -0.2) is 50.5 Å². The summed E-state index contributed by atoms with van der Waals surface area (Å²) in [5, 5.41) is 3.34. The minimum Gasteiger partial charge on any atom is -0.377 e. The second kappa shape index (κ2) is 9.53. The van der Waals surface area contributed by atoms with Crippen LogP contribution in [0.15, 0.2) is 59.5 Å². The molecule has 0 unspecified atom stereocenters. The van der Waals surface area contributed by atoms with Crippen molar-refractivity contribution in [3.05, 3.63) is 65.7 Å². The Morgan fingerprint density at radius 2 is 1.85 bits per heavy atom. The predicted molar refractivity (Wildman–Crippen MR) is 122 cm³/mol. The summed E-state index contributed by atoms with van der Waals surface area (Å²) >= 11 is 0. The van der Waals surface area contributed by atoms with E-state index in [1.807, 2.05) is 0 Å². The lowest BCUT2D eigenvalue weighted by Crippen LogP contribution is -2.48.